The fraction of sp³-hybridized carbons (Fsp3) is 0.161. The van der Waals surface area contributed by atoms with Crippen molar-refractivity contribution in [1.29, 1.82) is 0 Å². The van der Waals surface area contributed by atoms with Crippen molar-refractivity contribution in [2.24, 2.45) is 0 Å². The van der Waals surface area contributed by atoms with Crippen LogP contribution in [0.3, 0.4) is 0 Å². The van der Waals surface area contributed by atoms with Crippen LogP contribution in [0.4, 0.5) is 21.9 Å². The molecule has 3 aromatic carbocycles. The number of anilines is 2. The molecule has 2 saturated heterocycles. The maximum Gasteiger partial charge on any atom is 0.326 e. The Bertz CT molecular complexity index is 1740. The summed E-state index contributed by atoms with van der Waals surface area (Å²) >= 11 is 0. The first-order chi connectivity index (χ1) is 20.7. The Morgan fingerprint density at radius 3 is 2.35 bits per heavy atom. The number of carbonyl (C=O) groups is 4. The summed E-state index contributed by atoms with van der Waals surface area (Å²) in [7, 11) is 0. The largest absolute Gasteiger partial charge is 0.354 e. The van der Waals surface area contributed by atoms with E-state index < -0.39 is 22.8 Å². The van der Waals surface area contributed by atoms with Crippen LogP contribution in [-0.4, -0.2) is 46.7 Å². The van der Waals surface area contributed by atoms with Gasteiger partial charge in [-0.15, -0.1) is 0 Å². The first-order valence-corrected chi connectivity index (χ1v) is 13.7. The van der Waals surface area contributed by atoms with Gasteiger partial charge in [0.15, 0.2) is 0 Å². The van der Waals surface area contributed by atoms with Gasteiger partial charge >= 0.3 is 6.03 Å². The van der Waals surface area contributed by atoms with E-state index in [0.717, 1.165) is 18.5 Å². The molecule has 0 spiro atoms. The molecule has 0 aliphatic carbocycles. The highest BCUT2D eigenvalue weighted by Gasteiger charge is 2.30. The monoisotopic (exact) mass is 578 g/mol. The molecule has 0 atom stereocenters. The lowest BCUT2D eigenvalue weighted by Gasteiger charge is -2.17. The Kier molecular flexibility index (Phi) is 7.16. The summed E-state index contributed by atoms with van der Waals surface area (Å²) < 4.78 is 0. The molecule has 4 N–H and O–H groups in total. The van der Waals surface area contributed by atoms with Gasteiger partial charge in [-0.1, -0.05) is 36.4 Å². The second kappa shape index (κ2) is 11.2. The molecule has 5 amide bonds. The Morgan fingerprint density at radius 1 is 0.930 bits per heavy atom. The zero-order valence-corrected chi connectivity index (χ0v) is 22.8. The van der Waals surface area contributed by atoms with E-state index in [1.165, 1.54) is 24.3 Å². The zero-order chi connectivity index (χ0) is 30.1. The van der Waals surface area contributed by atoms with Gasteiger partial charge in [0, 0.05) is 48.6 Å². The molecule has 216 valence electrons. The second-order valence-corrected chi connectivity index (χ2v) is 10.3. The minimum Gasteiger partial charge on any atom is -0.354 e. The van der Waals surface area contributed by atoms with Crippen molar-refractivity contribution in [3.63, 3.8) is 0 Å². The van der Waals surface area contributed by atoms with Crippen LogP contribution in [0.1, 0.15) is 35.1 Å². The molecule has 12 nitrogen and oxygen atoms in total. The summed E-state index contributed by atoms with van der Waals surface area (Å²) in [6, 6.07) is 18.3. The van der Waals surface area contributed by atoms with Crippen LogP contribution in [0.5, 0.6) is 0 Å². The van der Waals surface area contributed by atoms with Gasteiger partial charge < -0.3 is 20.9 Å². The zero-order valence-electron chi connectivity index (χ0n) is 22.8. The number of nitro groups is 1. The van der Waals surface area contributed by atoms with Gasteiger partial charge in [-0.3, -0.25) is 29.8 Å². The quantitative estimate of drug-likeness (QED) is 0.136. The van der Waals surface area contributed by atoms with E-state index in [-0.39, 0.29) is 22.9 Å². The van der Waals surface area contributed by atoms with Crippen molar-refractivity contribution >= 4 is 58.2 Å². The number of rotatable bonds is 8. The van der Waals surface area contributed by atoms with Gasteiger partial charge in [0.1, 0.15) is 5.70 Å². The van der Waals surface area contributed by atoms with E-state index in [1.807, 2.05) is 29.2 Å². The third kappa shape index (κ3) is 5.71. The standard InChI is InChI=1S/C31H26N6O6/c38-26-2-1-14-36(26)15-13-18-3-7-20(8-4-18)28(27-23-17-22(37(42)43)11-12-24(23)33-30(27)40)32-21-9-5-19(6-10-21)16-25-29(39)35-31(41)34-25/h3-12,16-17,32H,1-2,13-15H2,(H,33,40)(H2,34,35,39,41)/b25-16-,28-27?. The van der Waals surface area contributed by atoms with Gasteiger partial charge in [-0.2, -0.15) is 0 Å². The molecule has 0 saturated carbocycles. The average Bonchev–Trinajstić information content (AvgIpc) is 3.66. The maximum atomic E-state index is 13.3. The normalized spacial score (nSPS) is 18.0. The lowest BCUT2D eigenvalue weighted by Crippen LogP contribution is -2.26. The lowest BCUT2D eigenvalue weighted by molar-refractivity contribution is -0.384. The molecule has 3 aliphatic rings. The number of nitrogens with zero attached hydrogens (tertiary/aromatic N) is 2. The molecule has 0 radical (unpaired) electrons. The fourth-order valence-corrected chi connectivity index (χ4v) is 5.29. The number of hydrogen-bond donors (Lipinski definition) is 4. The summed E-state index contributed by atoms with van der Waals surface area (Å²) in [5.74, 6) is -0.750. The molecular weight excluding hydrogens is 552 g/mol. The Labute approximate surface area is 245 Å². The molecule has 43 heavy (non-hydrogen) atoms. The number of imide groups is 1. The van der Waals surface area contributed by atoms with Crippen molar-refractivity contribution in [3.8, 4) is 0 Å². The number of amides is 5. The topological polar surface area (TPSA) is 163 Å². The number of nitrogens with one attached hydrogen (secondary N) is 4. The van der Waals surface area contributed by atoms with E-state index in [1.54, 1.807) is 24.3 Å². The Balaban J connectivity index is 1.34. The summed E-state index contributed by atoms with van der Waals surface area (Å²) in [6.45, 7) is 1.41. The minimum absolute atomic E-state index is 0.128. The van der Waals surface area contributed by atoms with Gasteiger partial charge in [0.25, 0.3) is 17.5 Å². The number of nitro benzene ring substituents is 1. The van der Waals surface area contributed by atoms with Crippen LogP contribution >= 0.6 is 0 Å². The number of carbonyl (C=O) groups excluding carboxylic acids is 4. The van der Waals surface area contributed by atoms with E-state index in [2.05, 4.69) is 21.3 Å². The number of likely N-dealkylation sites (tertiary alicyclic amines) is 1. The fourth-order valence-electron chi connectivity index (χ4n) is 5.29. The predicted octanol–water partition coefficient (Wildman–Crippen LogP) is 3.87. The molecule has 3 aromatic rings. The molecule has 0 aromatic heterocycles. The molecule has 3 heterocycles. The van der Waals surface area contributed by atoms with Crippen LogP contribution in [0, 0.1) is 10.1 Å². The minimum atomic E-state index is -0.586. The Morgan fingerprint density at radius 2 is 1.70 bits per heavy atom. The Hall–Kier alpha value is -5.78. The predicted molar refractivity (Wildman–Crippen MR) is 159 cm³/mol. The summed E-state index contributed by atoms with van der Waals surface area (Å²) in [5.41, 5.74) is 4.56. The van der Waals surface area contributed by atoms with E-state index in [4.69, 9.17) is 0 Å². The lowest BCUT2D eigenvalue weighted by atomic mass is 9.98. The highest BCUT2D eigenvalue weighted by Crippen LogP contribution is 2.39. The maximum absolute atomic E-state index is 13.3. The first-order valence-electron chi connectivity index (χ1n) is 13.7. The molecular formula is C31H26N6O6. The number of fused-ring (bicyclic) bond motifs is 1. The highest BCUT2D eigenvalue weighted by molar-refractivity contribution is 6.37. The van der Waals surface area contributed by atoms with Crippen molar-refractivity contribution in [1.82, 2.24) is 15.5 Å². The number of non-ortho nitro benzene ring substituents is 1. The van der Waals surface area contributed by atoms with Gasteiger partial charge in [-0.05, 0) is 53.8 Å². The number of benzene rings is 3. The smallest absolute Gasteiger partial charge is 0.326 e. The van der Waals surface area contributed by atoms with Gasteiger partial charge in [0.2, 0.25) is 5.91 Å². The van der Waals surface area contributed by atoms with Crippen molar-refractivity contribution in [3.05, 3.63) is 105 Å². The molecule has 3 aliphatic heterocycles. The average molecular weight is 579 g/mol. The van der Waals surface area contributed by atoms with Gasteiger partial charge in [0.05, 0.1) is 16.2 Å². The molecule has 6 rings (SSSR count). The molecule has 0 bridgehead atoms. The summed E-state index contributed by atoms with van der Waals surface area (Å²) in [6.07, 6.45) is 3.70. The van der Waals surface area contributed by atoms with Crippen LogP contribution in [0.15, 0.2) is 72.4 Å². The van der Waals surface area contributed by atoms with Crippen LogP contribution in [-0.2, 0) is 20.8 Å². The summed E-state index contributed by atoms with van der Waals surface area (Å²) in [4.78, 5) is 61.4. The van der Waals surface area contributed by atoms with Crippen molar-refractivity contribution < 1.29 is 24.1 Å². The number of urea groups is 1. The van der Waals surface area contributed by atoms with Crippen molar-refractivity contribution in [2.75, 3.05) is 23.7 Å². The molecule has 12 heteroatoms. The number of hydrogen-bond acceptors (Lipinski definition) is 7. The van der Waals surface area contributed by atoms with E-state index >= 15 is 0 Å². The molecule has 0 unspecified atom stereocenters. The second-order valence-electron chi connectivity index (χ2n) is 10.3. The SMILES string of the molecule is O=C1NC(=O)/C(=C/c2ccc(NC(=C3C(=O)Nc4ccc([N+](=O)[O-])cc43)c3ccc(CCN4CCCC4=O)cc3)cc2)N1. The highest BCUT2D eigenvalue weighted by atomic mass is 16.6. The van der Waals surface area contributed by atoms with E-state index in [9.17, 15) is 29.3 Å². The molecule has 2 fully saturated rings. The first kappa shape index (κ1) is 27.4. The van der Waals surface area contributed by atoms with E-state index in [0.29, 0.717) is 53.1 Å². The van der Waals surface area contributed by atoms with Crippen molar-refractivity contribution in [2.45, 2.75) is 19.3 Å². The third-order valence-electron chi connectivity index (χ3n) is 7.50. The summed E-state index contributed by atoms with van der Waals surface area (Å²) in [5, 5.41) is 22.2. The van der Waals surface area contributed by atoms with Gasteiger partial charge in [-0.25, -0.2) is 4.79 Å². The van der Waals surface area contributed by atoms with Crippen LogP contribution in [0.25, 0.3) is 17.3 Å². The van der Waals surface area contributed by atoms with Crippen LogP contribution in [0.2, 0.25) is 0 Å². The van der Waals surface area contributed by atoms with Crippen LogP contribution < -0.4 is 21.3 Å². The third-order valence-corrected chi connectivity index (χ3v) is 7.50.